The second-order valence-corrected chi connectivity index (χ2v) is 7.17. The minimum atomic E-state index is -0.191. The third-order valence-corrected chi connectivity index (χ3v) is 5.18. The van der Waals surface area contributed by atoms with Gasteiger partial charge in [-0.15, -0.1) is 0 Å². The molecular formula is C19H19ClN2O3S. The molecular weight excluding hydrogens is 372 g/mol. The van der Waals surface area contributed by atoms with E-state index in [9.17, 15) is 4.79 Å². The predicted octanol–water partition coefficient (Wildman–Crippen LogP) is 4.25. The van der Waals surface area contributed by atoms with Gasteiger partial charge in [0.25, 0.3) is 5.91 Å². The highest BCUT2D eigenvalue weighted by Crippen LogP contribution is 2.27. The Kier molecular flexibility index (Phi) is 6.06. The van der Waals surface area contributed by atoms with Crippen LogP contribution in [0.25, 0.3) is 0 Å². The van der Waals surface area contributed by atoms with Crippen LogP contribution in [0.5, 0.6) is 11.5 Å². The molecule has 0 spiro atoms. The fraction of sp³-hybridized carbons (Fsp3) is 0.263. The Balaban J connectivity index is 1.76. The number of amidine groups is 1. The number of hydrogen-bond donors (Lipinski definition) is 0. The maximum atomic E-state index is 12.9. The zero-order valence-corrected chi connectivity index (χ0v) is 16.1. The number of benzene rings is 2. The van der Waals surface area contributed by atoms with Crippen LogP contribution in [0.4, 0.5) is 5.69 Å². The molecule has 1 aliphatic rings. The number of amides is 1. The molecule has 0 aromatic heterocycles. The number of halogens is 1. The number of aliphatic imine (C=N–C) groups is 1. The smallest absolute Gasteiger partial charge is 0.271 e. The first-order valence-corrected chi connectivity index (χ1v) is 9.49. The highest BCUT2D eigenvalue weighted by molar-refractivity contribution is 8.14. The molecule has 0 bridgehead atoms. The summed E-state index contributed by atoms with van der Waals surface area (Å²) in [6, 6.07) is 14.4. The van der Waals surface area contributed by atoms with Gasteiger partial charge in [-0.05, 0) is 55.5 Å². The third kappa shape index (κ3) is 4.51. The first kappa shape index (κ1) is 18.6. The summed E-state index contributed by atoms with van der Waals surface area (Å²) < 4.78 is 10.8. The number of hydrogen-bond acceptors (Lipinski definition) is 5. The average Bonchev–Trinajstić information content (AvgIpc) is 3.08. The van der Waals surface area contributed by atoms with Gasteiger partial charge in [-0.3, -0.25) is 14.7 Å². The van der Waals surface area contributed by atoms with E-state index in [-0.39, 0.29) is 18.6 Å². The second kappa shape index (κ2) is 8.47. The fourth-order valence-corrected chi connectivity index (χ4v) is 3.59. The largest absolute Gasteiger partial charge is 0.497 e. The number of nitrogens with zero attached hydrogens (tertiary/aromatic N) is 2. The normalized spacial score (nSPS) is 16.1. The average molecular weight is 391 g/mol. The lowest BCUT2D eigenvalue weighted by molar-refractivity contribution is -0.119. The van der Waals surface area contributed by atoms with Crippen molar-refractivity contribution >= 4 is 40.1 Å². The van der Waals surface area contributed by atoms with Crippen molar-refractivity contribution in [2.45, 2.75) is 13.0 Å². The molecule has 1 amide bonds. The summed E-state index contributed by atoms with van der Waals surface area (Å²) >= 11 is 7.53. The lowest BCUT2D eigenvalue weighted by atomic mass is 10.3. The molecule has 136 valence electrons. The molecule has 0 saturated heterocycles. The van der Waals surface area contributed by atoms with Crippen molar-refractivity contribution in [1.82, 2.24) is 0 Å². The summed E-state index contributed by atoms with van der Waals surface area (Å²) in [6.07, 6.45) is 0. The molecule has 1 atom stereocenters. The zero-order chi connectivity index (χ0) is 18.5. The van der Waals surface area contributed by atoms with E-state index in [4.69, 9.17) is 21.1 Å². The molecule has 1 aliphatic heterocycles. The Morgan fingerprint density at radius 3 is 2.42 bits per heavy atom. The van der Waals surface area contributed by atoms with E-state index in [1.54, 1.807) is 72.3 Å². The molecule has 0 fully saturated rings. The summed E-state index contributed by atoms with van der Waals surface area (Å²) in [5, 5.41) is 1.30. The minimum absolute atomic E-state index is 0.0943. The van der Waals surface area contributed by atoms with Crippen molar-refractivity contribution in [1.29, 1.82) is 0 Å². The molecule has 0 saturated carbocycles. The van der Waals surface area contributed by atoms with E-state index in [0.29, 0.717) is 15.9 Å². The predicted molar refractivity (Wildman–Crippen MR) is 107 cm³/mol. The van der Waals surface area contributed by atoms with Crippen LogP contribution in [0.2, 0.25) is 5.02 Å². The Bertz CT molecular complexity index is 793. The molecule has 0 unspecified atom stereocenters. The van der Waals surface area contributed by atoms with Crippen LogP contribution >= 0.6 is 23.4 Å². The fourth-order valence-electron chi connectivity index (χ4n) is 2.41. The van der Waals surface area contributed by atoms with Gasteiger partial charge in [0.05, 0.1) is 18.8 Å². The molecule has 0 N–H and O–H groups in total. The first-order valence-electron chi connectivity index (χ1n) is 8.13. The molecule has 5 nitrogen and oxygen atoms in total. The van der Waals surface area contributed by atoms with E-state index < -0.39 is 0 Å². The molecule has 0 radical (unpaired) electrons. The number of thioether (sulfide) groups is 1. The summed E-state index contributed by atoms with van der Waals surface area (Å²) in [5.41, 5.74) is 0.720. The molecule has 1 heterocycles. The second-order valence-electron chi connectivity index (χ2n) is 5.74. The standard InChI is InChI=1S/C19H19ClN2O3S/c1-13-12-26-19(21-13)22(15-5-3-14(20)4-6-15)18(23)11-25-17-9-7-16(24-2)8-10-17/h3-10,13H,11-12H2,1-2H3/t13-/m0/s1. The number of methoxy groups -OCH3 is 1. The van der Waals surface area contributed by atoms with Crippen LogP contribution < -0.4 is 14.4 Å². The Morgan fingerprint density at radius 1 is 1.19 bits per heavy atom. The van der Waals surface area contributed by atoms with Crippen LogP contribution in [0.1, 0.15) is 6.92 Å². The number of rotatable bonds is 5. The van der Waals surface area contributed by atoms with E-state index >= 15 is 0 Å². The van der Waals surface area contributed by atoms with Crippen LogP contribution in [-0.4, -0.2) is 36.6 Å². The maximum Gasteiger partial charge on any atom is 0.271 e. The molecule has 2 aromatic carbocycles. The van der Waals surface area contributed by atoms with Gasteiger partial charge in [-0.25, -0.2) is 0 Å². The van der Waals surface area contributed by atoms with Crippen LogP contribution in [0.3, 0.4) is 0 Å². The van der Waals surface area contributed by atoms with Gasteiger partial charge in [-0.2, -0.15) is 0 Å². The number of carbonyl (C=O) groups is 1. The molecule has 3 rings (SSSR count). The SMILES string of the molecule is COc1ccc(OCC(=O)N(C2=N[C@@H](C)CS2)c2ccc(Cl)cc2)cc1. The van der Waals surface area contributed by atoms with Gasteiger partial charge in [0, 0.05) is 10.8 Å². The van der Waals surface area contributed by atoms with Crippen LogP contribution in [-0.2, 0) is 4.79 Å². The molecule has 2 aromatic rings. The third-order valence-electron chi connectivity index (χ3n) is 3.73. The lowest BCUT2D eigenvalue weighted by Crippen LogP contribution is -2.38. The summed E-state index contributed by atoms with van der Waals surface area (Å²) in [6.45, 7) is 1.93. The first-order chi connectivity index (χ1) is 12.6. The Labute approximate surface area is 162 Å². The number of anilines is 1. The summed E-state index contributed by atoms with van der Waals surface area (Å²) in [4.78, 5) is 19.0. The van der Waals surface area contributed by atoms with Crippen molar-refractivity contribution in [3.05, 3.63) is 53.6 Å². The molecule has 0 aliphatic carbocycles. The number of carbonyl (C=O) groups excluding carboxylic acids is 1. The zero-order valence-electron chi connectivity index (χ0n) is 14.5. The van der Waals surface area contributed by atoms with Crippen LogP contribution in [0.15, 0.2) is 53.5 Å². The molecule has 26 heavy (non-hydrogen) atoms. The van der Waals surface area contributed by atoms with Gasteiger partial charge >= 0.3 is 0 Å². The summed E-state index contributed by atoms with van der Waals surface area (Å²) in [7, 11) is 1.60. The van der Waals surface area contributed by atoms with E-state index in [2.05, 4.69) is 4.99 Å². The minimum Gasteiger partial charge on any atom is -0.497 e. The van der Waals surface area contributed by atoms with Gasteiger partial charge in [0.1, 0.15) is 11.5 Å². The van der Waals surface area contributed by atoms with Crippen molar-refractivity contribution in [2.75, 3.05) is 24.4 Å². The highest BCUT2D eigenvalue weighted by atomic mass is 35.5. The quantitative estimate of drug-likeness (QED) is 0.765. The van der Waals surface area contributed by atoms with Crippen molar-refractivity contribution in [3.8, 4) is 11.5 Å². The van der Waals surface area contributed by atoms with E-state index in [1.165, 1.54) is 0 Å². The van der Waals surface area contributed by atoms with E-state index in [0.717, 1.165) is 17.2 Å². The van der Waals surface area contributed by atoms with E-state index in [1.807, 2.05) is 6.92 Å². The highest BCUT2D eigenvalue weighted by Gasteiger charge is 2.27. The Hall–Kier alpha value is -2.18. The van der Waals surface area contributed by atoms with Gasteiger partial charge in [0.2, 0.25) is 0 Å². The van der Waals surface area contributed by atoms with Gasteiger partial charge in [-0.1, -0.05) is 23.4 Å². The maximum absolute atomic E-state index is 12.9. The molecule has 7 heteroatoms. The van der Waals surface area contributed by atoms with Gasteiger partial charge < -0.3 is 9.47 Å². The van der Waals surface area contributed by atoms with Gasteiger partial charge in [0.15, 0.2) is 11.8 Å². The summed E-state index contributed by atoms with van der Waals surface area (Å²) in [5.74, 6) is 2.00. The lowest BCUT2D eigenvalue weighted by Gasteiger charge is -2.22. The number of ether oxygens (including phenoxy) is 2. The Morgan fingerprint density at radius 2 is 1.85 bits per heavy atom. The van der Waals surface area contributed by atoms with Crippen molar-refractivity contribution < 1.29 is 14.3 Å². The van der Waals surface area contributed by atoms with Crippen molar-refractivity contribution in [3.63, 3.8) is 0 Å². The van der Waals surface area contributed by atoms with Crippen molar-refractivity contribution in [2.24, 2.45) is 4.99 Å². The van der Waals surface area contributed by atoms with Crippen LogP contribution in [0, 0.1) is 0 Å². The monoisotopic (exact) mass is 390 g/mol. The topological polar surface area (TPSA) is 51.1 Å².